The summed E-state index contributed by atoms with van der Waals surface area (Å²) in [5.41, 5.74) is 0. The highest BCUT2D eigenvalue weighted by Crippen LogP contribution is 2.25. The molecule has 1 unspecified atom stereocenters. The van der Waals surface area contributed by atoms with Crippen LogP contribution in [-0.4, -0.2) is 43.5 Å². The van der Waals surface area contributed by atoms with Gasteiger partial charge in [-0.1, -0.05) is 6.92 Å². The minimum Gasteiger partial charge on any atom is -0.307 e. The van der Waals surface area contributed by atoms with Crippen molar-refractivity contribution >= 4 is 0 Å². The SMILES string of the molecule is CCCN(C)CC1CC(F)(F)CN1. The Balaban J connectivity index is 2.24. The zero-order valence-corrected chi connectivity index (χ0v) is 8.32. The Bertz CT molecular complexity index is 162. The zero-order chi connectivity index (χ0) is 9.90. The minimum atomic E-state index is -2.49. The normalized spacial score (nSPS) is 27.0. The van der Waals surface area contributed by atoms with Gasteiger partial charge in [-0.15, -0.1) is 0 Å². The maximum Gasteiger partial charge on any atom is 0.261 e. The van der Waals surface area contributed by atoms with Crippen LogP contribution < -0.4 is 5.32 Å². The van der Waals surface area contributed by atoms with E-state index in [1.807, 2.05) is 7.05 Å². The molecule has 13 heavy (non-hydrogen) atoms. The van der Waals surface area contributed by atoms with Gasteiger partial charge in [0.25, 0.3) is 5.92 Å². The summed E-state index contributed by atoms with van der Waals surface area (Å²) in [6.07, 6.45) is 1.06. The van der Waals surface area contributed by atoms with Gasteiger partial charge in [0.05, 0.1) is 6.54 Å². The van der Waals surface area contributed by atoms with Gasteiger partial charge >= 0.3 is 0 Å². The molecule has 0 amide bonds. The van der Waals surface area contributed by atoms with Crippen LogP contribution in [-0.2, 0) is 0 Å². The van der Waals surface area contributed by atoms with E-state index in [4.69, 9.17) is 0 Å². The summed E-state index contributed by atoms with van der Waals surface area (Å²) in [5.74, 6) is -2.49. The fourth-order valence-electron chi connectivity index (χ4n) is 1.78. The van der Waals surface area contributed by atoms with Crippen molar-refractivity contribution in [3.05, 3.63) is 0 Å². The van der Waals surface area contributed by atoms with Crippen LogP contribution in [0.3, 0.4) is 0 Å². The summed E-state index contributed by atoms with van der Waals surface area (Å²) in [4.78, 5) is 2.10. The average molecular weight is 192 g/mol. The zero-order valence-electron chi connectivity index (χ0n) is 8.32. The number of nitrogens with zero attached hydrogens (tertiary/aromatic N) is 1. The second kappa shape index (κ2) is 4.33. The van der Waals surface area contributed by atoms with Crippen molar-refractivity contribution in [3.8, 4) is 0 Å². The summed E-state index contributed by atoms with van der Waals surface area (Å²) >= 11 is 0. The van der Waals surface area contributed by atoms with E-state index < -0.39 is 5.92 Å². The predicted molar refractivity (Wildman–Crippen MR) is 49.1 cm³/mol. The van der Waals surface area contributed by atoms with Gasteiger partial charge < -0.3 is 10.2 Å². The molecule has 0 aromatic rings. The van der Waals surface area contributed by atoms with Crippen LogP contribution in [0.1, 0.15) is 19.8 Å². The molecule has 0 saturated carbocycles. The fraction of sp³-hybridized carbons (Fsp3) is 1.00. The van der Waals surface area contributed by atoms with Gasteiger partial charge in [0.1, 0.15) is 0 Å². The molecule has 1 aliphatic rings. The molecule has 78 valence electrons. The number of hydrogen-bond donors (Lipinski definition) is 1. The monoisotopic (exact) mass is 192 g/mol. The molecule has 0 radical (unpaired) electrons. The van der Waals surface area contributed by atoms with Gasteiger partial charge in [0.2, 0.25) is 0 Å². The first-order valence-corrected chi connectivity index (χ1v) is 4.83. The number of nitrogens with one attached hydrogen (secondary N) is 1. The van der Waals surface area contributed by atoms with E-state index >= 15 is 0 Å². The molecule has 1 N–H and O–H groups in total. The molecule has 1 saturated heterocycles. The highest BCUT2D eigenvalue weighted by molar-refractivity contribution is 4.88. The molecule has 1 heterocycles. The van der Waals surface area contributed by atoms with Gasteiger partial charge in [-0.3, -0.25) is 0 Å². The van der Waals surface area contributed by atoms with Crippen LogP contribution >= 0.6 is 0 Å². The van der Waals surface area contributed by atoms with E-state index in [0.29, 0.717) is 0 Å². The molecule has 0 aromatic heterocycles. The summed E-state index contributed by atoms with van der Waals surface area (Å²) < 4.78 is 25.5. The van der Waals surface area contributed by atoms with Crippen molar-refractivity contribution in [1.29, 1.82) is 0 Å². The molecule has 0 bridgehead atoms. The van der Waals surface area contributed by atoms with Gasteiger partial charge in [-0.25, -0.2) is 8.78 Å². The lowest BCUT2D eigenvalue weighted by Crippen LogP contribution is -2.35. The van der Waals surface area contributed by atoms with Gasteiger partial charge in [0.15, 0.2) is 0 Å². The summed E-state index contributed by atoms with van der Waals surface area (Å²) in [6, 6.07) is -0.0356. The van der Waals surface area contributed by atoms with E-state index in [9.17, 15) is 8.78 Å². The molecular formula is C9H18F2N2. The second-order valence-corrected chi connectivity index (χ2v) is 3.90. The number of halogens is 2. The maximum atomic E-state index is 12.7. The number of likely N-dealkylation sites (N-methyl/N-ethyl adjacent to an activating group) is 1. The Morgan fingerprint density at radius 3 is 2.69 bits per heavy atom. The lowest BCUT2D eigenvalue weighted by atomic mass is 10.2. The lowest BCUT2D eigenvalue weighted by Gasteiger charge is -2.19. The Labute approximate surface area is 78.3 Å². The summed E-state index contributed by atoms with van der Waals surface area (Å²) in [7, 11) is 1.97. The Kier molecular flexibility index (Phi) is 3.62. The van der Waals surface area contributed by atoms with Gasteiger partial charge in [-0.2, -0.15) is 0 Å². The molecule has 0 aromatic carbocycles. The topological polar surface area (TPSA) is 15.3 Å². The molecule has 1 fully saturated rings. The first kappa shape index (κ1) is 10.9. The molecule has 0 spiro atoms. The Hall–Kier alpha value is -0.220. The van der Waals surface area contributed by atoms with Crippen molar-refractivity contribution in [1.82, 2.24) is 10.2 Å². The van der Waals surface area contributed by atoms with Crippen LogP contribution in [0.15, 0.2) is 0 Å². The van der Waals surface area contributed by atoms with Crippen molar-refractivity contribution in [2.24, 2.45) is 0 Å². The predicted octanol–water partition coefficient (Wildman–Crippen LogP) is 1.33. The van der Waals surface area contributed by atoms with Crippen molar-refractivity contribution < 1.29 is 8.78 Å². The van der Waals surface area contributed by atoms with Crippen LogP contribution in [0.25, 0.3) is 0 Å². The quantitative estimate of drug-likeness (QED) is 0.722. The largest absolute Gasteiger partial charge is 0.307 e. The van der Waals surface area contributed by atoms with E-state index in [1.54, 1.807) is 0 Å². The molecule has 4 heteroatoms. The third-order valence-corrected chi connectivity index (χ3v) is 2.33. The minimum absolute atomic E-state index is 0.0128. The van der Waals surface area contributed by atoms with E-state index in [-0.39, 0.29) is 19.0 Å². The molecule has 1 rings (SSSR count). The number of alkyl halides is 2. The molecule has 2 nitrogen and oxygen atoms in total. The van der Waals surface area contributed by atoms with Crippen molar-refractivity contribution in [3.63, 3.8) is 0 Å². The van der Waals surface area contributed by atoms with E-state index in [1.165, 1.54) is 0 Å². The molecule has 1 atom stereocenters. The Morgan fingerprint density at radius 1 is 1.54 bits per heavy atom. The molecular weight excluding hydrogens is 174 g/mol. The smallest absolute Gasteiger partial charge is 0.261 e. The third kappa shape index (κ3) is 3.56. The standard InChI is InChI=1S/C9H18F2N2/c1-3-4-13(2)6-8-5-9(10,11)7-12-8/h8,12H,3-7H2,1-2H3. The second-order valence-electron chi connectivity index (χ2n) is 3.90. The van der Waals surface area contributed by atoms with Gasteiger partial charge in [0, 0.05) is 19.0 Å². The van der Waals surface area contributed by atoms with E-state index in [0.717, 1.165) is 19.5 Å². The number of rotatable bonds is 4. The fourth-order valence-corrected chi connectivity index (χ4v) is 1.78. The maximum absolute atomic E-state index is 12.7. The highest BCUT2D eigenvalue weighted by atomic mass is 19.3. The summed E-state index contributed by atoms with van der Waals surface area (Å²) in [6.45, 7) is 3.64. The van der Waals surface area contributed by atoms with Crippen molar-refractivity contribution in [2.45, 2.75) is 31.7 Å². The van der Waals surface area contributed by atoms with E-state index in [2.05, 4.69) is 17.1 Å². The van der Waals surface area contributed by atoms with Crippen LogP contribution in [0.2, 0.25) is 0 Å². The van der Waals surface area contributed by atoms with Crippen molar-refractivity contribution in [2.75, 3.05) is 26.7 Å². The molecule has 0 aliphatic carbocycles. The van der Waals surface area contributed by atoms with Crippen LogP contribution in [0.5, 0.6) is 0 Å². The van der Waals surface area contributed by atoms with Crippen LogP contribution in [0.4, 0.5) is 8.78 Å². The molecule has 1 aliphatic heterocycles. The lowest BCUT2D eigenvalue weighted by molar-refractivity contribution is 0.0202. The van der Waals surface area contributed by atoms with Crippen LogP contribution in [0, 0.1) is 0 Å². The first-order valence-electron chi connectivity index (χ1n) is 4.83. The first-order chi connectivity index (χ1) is 6.03. The van der Waals surface area contributed by atoms with Gasteiger partial charge in [-0.05, 0) is 20.0 Å². The number of hydrogen-bond acceptors (Lipinski definition) is 2. The highest BCUT2D eigenvalue weighted by Gasteiger charge is 2.39. The Morgan fingerprint density at radius 2 is 2.23 bits per heavy atom. The average Bonchev–Trinajstić information content (AvgIpc) is 2.30. The third-order valence-electron chi connectivity index (χ3n) is 2.33. The summed E-state index contributed by atoms with van der Waals surface area (Å²) in [5, 5.41) is 2.84.